The zero-order chi connectivity index (χ0) is 25.2. The van der Waals surface area contributed by atoms with E-state index in [1.54, 1.807) is 13.8 Å². The Kier molecular flexibility index (Phi) is 16.5. The minimum absolute atomic E-state index is 0.134. The Bertz CT molecular complexity index is 636. The van der Waals surface area contributed by atoms with Crippen molar-refractivity contribution < 1.29 is 34.4 Å². The third-order valence-corrected chi connectivity index (χ3v) is 4.93. The first-order chi connectivity index (χ1) is 15.4. The number of carbonyl (C=O) groups is 2. The fraction of sp³-hybridized carbons (Fsp3) is 0.692. The summed E-state index contributed by atoms with van der Waals surface area (Å²) in [6.07, 6.45) is 6.25. The van der Waals surface area contributed by atoms with E-state index in [4.69, 9.17) is 19.7 Å². The van der Waals surface area contributed by atoms with E-state index in [0.29, 0.717) is 38.9 Å². The smallest absolute Gasteiger partial charge is 0.306 e. The second-order valence-electron chi connectivity index (χ2n) is 9.45. The van der Waals surface area contributed by atoms with Crippen molar-refractivity contribution in [1.82, 2.24) is 0 Å². The number of aliphatic carboxylic acids is 1. The monoisotopic (exact) mass is 468 g/mol. The van der Waals surface area contributed by atoms with Crippen LogP contribution >= 0.6 is 0 Å². The first-order valence-electron chi connectivity index (χ1n) is 11.8. The predicted octanol–water partition coefficient (Wildman–Crippen LogP) is 4.87. The van der Waals surface area contributed by atoms with Crippen LogP contribution in [0.3, 0.4) is 0 Å². The lowest BCUT2D eigenvalue weighted by atomic mass is 10.0. The Labute approximate surface area is 199 Å². The Morgan fingerprint density at radius 2 is 1.45 bits per heavy atom. The van der Waals surface area contributed by atoms with Gasteiger partial charge in [0.1, 0.15) is 6.61 Å². The molecule has 7 heteroatoms. The molecule has 1 rings (SSSR count). The van der Waals surface area contributed by atoms with Gasteiger partial charge in [-0.05, 0) is 58.9 Å². The van der Waals surface area contributed by atoms with Crippen LogP contribution in [0.1, 0.15) is 91.0 Å². The Balaban J connectivity index is 0.000000684. The zero-order valence-electron chi connectivity index (χ0n) is 20.8. The molecule has 0 radical (unpaired) electrons. The molecule has 0 saturated heterocycles. The predicted molar refractivity (Wildman–Crippen MR) is 129 cm³/mol. The van der Waals surface area contributed by atoms with Crippen LogP contribution in [-0.4, -0.2) is 51.7 Å². The highest BCUT2D eigenvalue weighted by atomic mass is 16.5. The number of rotatable bonds is 16. The molecule has 0 heterocycles. The van der Waals surface area contributed by atoms with Crippen LogP contribution in [0.4, 0.5) is 0 Å². The number of aliphatic hydroxyl groups is 2. The number of esters is 1. The van der Waals surface area contributed by atoms with Gasteiger partial charge in [0.25, 0.3) is 0 Å². The summed E-state index contributed by atoms with van der Waals surface area (Å²) in [5.41, 5.74) is 0.0319. The van der Waals surface area contributed by atoms with E-state index in [1.807, 2.05) is 44.2 Å². The van der Waals surface area contributed by atoms with E-state index in [1.165, 1.54) is 0 Å². The maximum Gasteiger partial charge on any atom is 0.306 e. The number of carbonyl (C=O) groups excluding carboxylic acids is 1. The maximum atomic E-state index is 11.5. The standard InChI is InChI=1S/C16H22O4.C10H22O3/c17-15(18)11-7-2-1-3-8-12-16(19)20-13-14-9-5-4-6-10-14;1-9(2,12)6-8-13-10(3,4)5-7-11/h4-6,9-10H,1-3,7-8,11-13H2,(H,17,18);11-12H,5-8H2,1-4H3. The van der Waals surface area contributed by atoms with E-state index in [2.05, 4.69) is 0 Å². The van der Waals surface area contributed by atoms with Gasteiger partial charge in [0.05, 0.1) is 17.8 Å². The molecule has 1 aromatic rings. The van der Waals surface area contributed by atoms with Gasteiger partial charge in [0.2, 0.25) is 0 Å². The normalized spacial score (nSPS) is 11.5. The highest BCUT2D eigenvalue weighted by molar-refractivity contribution is 5.69. The number of hydrogen-bond acceptors (Lipinski definition) is 6. The molecule has 7 nitrogen and oxygen atoms in total. The second-order valence-corrected chi connectivity index (χ2v) is 9.45. The number of carboxylic acids is 1. The summed E-state index contributed by atoms with van der Waals surface area (Å²) in [4.78, 5) is 21.8. The van der Waals surface area contributed by atoms with Gasteiger partial charge in [-0.2, -0.15) is 0 Å². The van der Waals surface area contributed by atoms with Gasteiger partial charge in [0, 0.05) is 19.4 Å². The van der Waals surface area contributed by atoms with E-state index < -0.39 is 11.6 Å². The summed E-state index contributed by atoms with van der Waals surface area (Å²) in [5.74, 6) is -0.908. The Morgan fingerprint density at radius 1 is 0.879 bits per heavy atom. The third-order valence-electron chi connectivity index (χ3n) is 4.93. The molecule has 0 aromatic heterocycles. The zero-order valence-corrected chi connectivity index (χ0v) is 20.8. The number of ether oxygens (including phenoxy) is 2. The molecular weight excluding hydrogens is 424 g/mol. The molecule has 0 amide bonds. The van der Waals surface area contributed by atoms with Crippen molar-refractivity contribution in [2.75, 3.05) is 13.2 Å². The molecule has 190 valence electrons. The molecule has 33 heavy (non-hydrogen) atoms. The Morgan fingerprint density at radius 3 is 2.00 bits per heavy atom. The molecule has 3 N–H and O–H groups in total. The minimum Gasteiger partial charge on any atom is -0.481 e. The average molecular weight is 469 g/mol. The van der Waals surface area contributed by atoms with Crippen molar-refractivity contribution in [3.63, 3.8) is 0 Å². The van der Waals surface area contributed by atoms with Gasteiger partial charge < -0.3 is 24.8 Å². The maximum absolute atomic E-state index is 11.5. The van der Waals surface area contributed by atoms with E-state index >= 15 is 0 Å². The fourth-order valence-electron chi connectivity index (χ4n) is 2.80. The lowest BCUT2D eigenvalue weighted by Gasteiger charge is -2.26. The van der Waals surface area contributed by atoms with Crippen molar-refractivity contribution in [2.45, 2.75) is 103 Å². The van der Waals surface area contributed by atoms with E-state index in [-0.39, 0.29) is 24.6 Å². The van der Waals surface area contributed by atoms with Gasteiger partial charge in [-0.15, -0.1) is 0 Å². The largest absolute Gasteiger partial charge is 0.481 e. The summed E-state index contributed by atoms with van der Waals surface area (Å²) in [6.45, 7) is 8.39. The van der Waals surface area contributed by atoms with Crippen LogP contribution in [0.15, 0.2) is 30.3 Å². The average Bonchev–Trinajstić information content (AvgIpc) is 2.71. The summed E-state index contributed by atoms with van der Waals surface area (Å²) in [6, 6.07) is 9.61. The lowest BCUT2D eigenvalue weighted by molar-refractivity contribution is -0.145. The molecule has 0 saturated carbocycles. The number of aliphatic hydroxyl groups excluding tert-OH is 1. The van der Waals surface area contributed by atoms with Crippen LogP contribution < -0.4 is 0 Å². The van der Waals surface area contributed by atoms with E-state index in [0.717, 1.165) is 31.2 Å². The van der Waals surface area contributed by atoms with Crippen LogP contribution in [0, 0.1) is 0 Å². The molecule has 0 aliphatic heterocycles. The highest BCUT2D eigenvalue weighted by Crippen LogP contribution is 2.16. The lowest BCUT2D eigenvalue weighted by Crippen LogP contribution is -2.29. The highest BCUT2D eigenvalue weighted by Gasteiger charge is 2.19. The first kappa shape index (κ1) is 31.0. The number of benzene rings is 1. The topological polar surface area (TPSA) is 113 Å². The van der Waals surface area contributed by atoms with Crippen LogP contribution in [0.2, 0.25) is 0 Å². The van der Waals surface area contributed by atoms with Crippen molar-refractivity contribution in [2.24, 2.45) is 0 Å². The summed E-state index contributed by atoms with van der Waals surface area (Å²) in [5, 5.41) is 26.6. The van der Waals surface area contributed by atoms with Crippen LogP contribution in [0.25, 0.3) is 0 Å². The number of unbranched alkanes of at least 4 members (excludes halogenated alkanes) is 4. The summed E-state index contributed by atoms with van der Waals surface area (Å²) in [7, 11) is 0. The molecule has 0 spiro atoms. The summed E-state index contributed by atoms with van der Waals surface area (Å²) < 4.78 is 10.7. The van der Waals surface area contributed by atoms with Crippen LogP contribution in [-0.2, 0) is 25.7 Å². The SMILES string of the molecule is CC(C)(O)CCOC(C)(C)CCO.O=C(O)CCCCCCCC(=O)OCc1ccccc1. The van der Waals surface area contributed by atoms with E-state index in [9.17, 15) is 14.7 Å². The molecule has 0 aliphatic carbocycles. The van der Waals surface area contributed by atoms with Gasteiger partial charge in [-0.3, -0.25) is 9.59 Å². The first-order valence-corrected chi connectivity index (χ1v) is 11.8. The summed E-state index contributed by atoms with van der Waals surface area (Å²) >= 11 is 0. The van der Waals surface area contributed by atoms with Crippen LogP contribution in [0.5, 0.6) is 0 Å². The fourth-order valence-corrected chi connectivity index (χ4v) is 2.80. The van der Waals surface area contributed by atoms with Crippen molar-refractivity contribution in [3.8, 4) is 0 Å². The van der Waals surface area contributed by atoms with Crippen molar-refractivity contribution >= 4 is 11.9 Å². The van der Waals surface area contributed by atoms with Gasteiger partial charge >= 0.3 is 11.9 Å². The molecule has 0 fully saturated rings. The minimum atomic E-state index is -0.741. The van der Waals surface area contributed by atoms with Gasteiger partial charge in [-0.1, -0.05) is 49.6 Å². The second kappa shape index (κ2) is 17.5. The molecule has 1 aromatic carbocycles. The Hall–Kier alpha value is -1.96. The number of carboxylic acid groups (broad SMARTS) is 1. The quantitative estimate of drug-likeness (QED) is 0.234. The van der Waals surface area contributed by atoms with Crippen molar-refractivity contribution in [3.05, 3.63) is 35.9 Å². The number of hydrogen-bond donors (Lipinski definition) is 3. The van der Waals surface area contributed by atoms with Gasteiger partial charge in [-0.25, -0.2) is 0 Å². The molecule has 0 atom stereocenters. The van der Waals surface area contributed by atoms with Crippen molar-refractivity contribution in [1.29, 1.82) is 0 Å². The van der Waals surface area contributed by atoms with Gasteiger partial charge in [0.15, 0.2) is 0 Å². The third kappa shape index (κ3) is 21.6. The molecule has 0 unspecified atom stereocenters. The molecule has 0 aliphatic rings. The molecule has 0 bridgehead atoms. The molecular formula is C26H44O7.